The van der Waals surface area contributed by atoms with Crippen molar-refractivity contribution in [2.24, 2.45) is 0 Å². The Kier molecular flexibility index (Phi) is 4.09. The predicted molar refractivity (Wildman–Crippen MR) is 66.1 cm³/mol. The Morgan fingerprint density at radius 3 is 2.88 bits per heavy atom. The lowest BCUT2D eigenvalue weighted by Crippen LogP contribution is -2.48. The first kappa shape index (κ1) is 12.9. The van der Waals surface area contributed by atoms with Gasteiger partial charge in [0.25, 0.3) is 0 Å². The van der Waals surface area contributed by atoms with Crippen LogP contribution >= 0.6 is 11.3 Å². The zero-order chi connectivity index (χ0) is 12.4. The summed E-state index contributed by atoms with van der Waals surface area (Å²) >= 11 is 1.63. The molecule has 0 radical (unpaired) electrons. The van der Waals surface area contributed by atoms with Gasteiger partial charge in [-0.15, -0.1) is 21.5 Å². The smallest absolute Gasteiger partial charge is 0.134 e. The van der Waals surface area contributed by atoms with Gasteiger partial charge in [0.05, 0.1) is 24.9 Å². The van der Waals surface area contributed by atoms with Crippen molar-refractivity contribution in [3.63, 3.8) is 0 Å². The van der Waals surface area contributed by atoms with E-state index in [-0.39, 0.29) is 24.9 Å². The number of aliphatic hydroxyl groups is 1. The fourth-order valence-corrected chi connectivity index (χ4v) is 2.92. The third-order valence-electron chi connectivity index (χ3n) is 3.00. The molecule has 2 rings (SSSR count). The van der Waals surface area contributed by atoms with Gasteiger partial charge in [-0.05, 0) is 20.8 Å². The van der Waals surface area contributed by atoms with Crippen molar-refractivity contribution < 1.29 is 9.84 Å². The molecule has 1 aromatic rings. The first-order valence-corrected chi connectivity index (χ1v) is 6.72. The van der Waals surface area contributed by atoms with Gasteiger partial charge in [0, 0.05) is 13.1 Å². The number of rotatable bonds is 3. The number of hydrogen-bond acceptors (Lipinski definition) is 6. The fourth-order valence-electron chi connectivity index (χ4n) is 2.13. The zero-order valence-electron chi connectivity index (χ0n) is 10.5. The lowest BCUT2D eigenvalue weighted by Gasteiger charge is -2.38. The quantitative estimate of drug-likeness (QED) is 0.875. The number of nitrogens with zero attached hydrogens (tertiary/aromatic N) is 3. The molecule has 5 nitrogen and oxygen atoms in total. The summed E-state index contributed by atoms with van der Waals surface area (Å²) in [4.78, 5) is 2.30. The highest BCUT2D eigenvalue weighted by molar-refractivity contribution is 7.11. The molecule has 2 heterocycles. The second-order valence-electron chi connectivity index (χ2n) is 4.54. The van der Waals surface area contributed by atoms with E-state index >= 15 is 0 Å². The van der Waals surface area contributed by atoms with E-state index in [1.807, 2.05) is 13.8 Å². The minimum atomic E-state index is -0.0878. The van der Waals surface area contributed by atoms with Crippen LogP contribution in [0.2, 0.25) is 0 Å². The Bertz CT molecular complexity index is 371. The number of hydrogen-bond donors (Lipinski definition) is 1. The van der Waals surface area contributed by atoms with E-state index < -0.39 is 0 Å². The topological polar surface area (TPSA) is 58.5 Å². The molecule has 1 aromatic heterocycles. The summed E-state index contributed by atoms with van der Waals surface area (Å²) < 4.78 is 5.63. The number of morpholine rings is 1. The number of aliphatic hydroxyl groups excluding tert-OH is 1. The highest BCUT2D eigenvalue weighted by atomic mass is 32.1. The Hall–Kier alpha value is -0.560. The lowest BCUT2D eigenvalue weighted by molar-refractivity contribution is -0.104. The van der Waals surface area contributed by atoms with Gasteiger partial charge in [-0.25, -0.2) is 0 Å². The minimum absolute atomic E-state index is 0.0721. The van der Waals surface area contributed by atoms with Crippen molar-refractivity contribution >= 4 is 11.3 Å². The van der Waals surface area contributed by atoms with Crippen molar-refractivity contribution in [2.75, 3.05) is 19.7 Å². The summed E-state index contributed by atoms with van der Waals surface area (Å²) in [5.41, 5.74) is 0. The van der Waals surface area contributed by atoms with Gasteiger partial charge in [-0.2, -0.15) is 0 Å². The van der Waals surface area contributed by atoms with E-state index in [1.165, 1.54) is 0 Å². The maximum Gasteiger partial charge on any atom is 0.134 e. The summed E-state index contributed by atoms with van der Waals surface area (Å²) in [7, 11) is 0. The molecule has 0 amide bonds. The molecule has 3 unspecified atom stereocenters. The van der Waals surface area contributed by atoms with Crippen LogP contribution < -0.4 is 0 Å². The monoisotopic (exact) mass is 257 g/mol. The molecule has 0 bridgehead atoms. The van der Waals surface area contributed by atoms with Crippen molar-refractivity contribution in [3.8, 4) is 0 Å². The largest absolute Gasteiger partial charge is 0.394 e. The van der Waals surface area contributed by atoms with Crippen molar-refractivity contribution in [3.05, 3.63) is 10.0 Å². The molecule has 1 fully saturated rings. The summed E-state index contributed by atoms with van der Waals surface area (Å²) in [6.45, 7) is 7.82. The first-order chi connectivity index (χ1) is 8.10. The maximum absolute atomic E-state index is 9.21. The molecule has 1 saturated heterocycles. The second-order valence-corrected chi connectivity index (χ2v) is 5.75. The molecule has 1 N–H and O–H groups in total. The molecule has 0 aromatic carbocycles. The highest BCUT2D eigenvalue weighted by Crippen LogP contribution is 2.26. The standard InChI is InChI=1S/C11H19N3O2S/c1-7-4-14(5-10(6-15)16-7)8(2)11-13-12-9(3)17-11/h7-8,10,15H,4-6H2,1-3H3. The van der Waals surface area contributed by atoms with Crippen LogP contribution in [0.15, 0.2) is 0 Å². The van der Waals surface area contributed by atoms with Crippen LogP contribution in [-0.2, 0) is 4.74 Å². The van der Waals surface area contributed by atoms with Gasteiger partial charge in [-0.3, -0.25) is 4.90 Å². The average Bonchev–Trinajstić information content (AvgIpc) is 2.74. The summed E-state index contributed by atoms with van der Waals surface area (Å²) in [5.74, 6) is 0. The normalized spacial score (nSPS) is 28.2. The van der Waals surface area contributed by atoms with E-state index in [0.29, 0.717) is 0 Å². The average molecular weight is 257 g/mol. The van der Waals surface area contributed by atoms with Crippen molar-refractivity contribution in [2.45, 2.75) is 39.0 Å². The summed E-state index contributed by atoms with van der Waals surface area (Å²) in [5, 5.41) is 19.5. The van der Waals surface area contributed by atoms with Crippen LogP contribution in [0.5, 0.6) is 0 Å². The van der Waals surface area contributed by atoms with Crippen LogP contribution in [0.4, 0.5) is 0 Å². The Labute approximate surface area is 105 Å². The predicted octanol–water partition coefficient (Wildman–Crippen LogP) is 0.989. The zero-order valence-corrected chi connectivity index (χ0v) is 11.3. The number of aryl methyl sites for hydroxylation is 1. The van der Waals surface area contributed by atoms with Gasteiger partial charge in [0.15, 0.2) is 0 Å². The van der Waals surface area contributed by atoms with Crippen molar-refractivity contribution in [1.29, 1.82) is 0 Å². The molecular formula is C11H19N3O2S. The van der Waals surface area contributed by atoms with E-state index in [1.54, 1.807) is 11.3 Å². The first-order valence-electron chi connectivity index (χ1n) is 5.90. The van der Waals surface area contributed by atoms with E-state index in [2.05, 4.69) is 22.0 Å². The molecule has 96 valence electrons. The molecule has 0 aliphatic carbocycles. The van der Waals surface area contributed by atoms with Crippen LogP contribution in [0.1, 0.15) is 29.9 Å². The summed E-state index contributed by atoms with van der Waals surface area (Å²) in [6, 6.07) is 0.238. The van der Waals surface area contributed by atoms with Gasteiger partial charge in [0.1, 0.15) is 10.0 Å². The van der Waals surface area contributed by atoms with Gasteiger partial charge >= 0.3 is 0 Å². The van der Waals surface area contributed by atoms with E-state index in [0.717, 1.165) is 23.1 Å². The van der Waals surface area contributed by atoms with Crippen molar-refractivity contribution in [1.82, 2.24) is 15.1 Å². The number of aromatic nitrogens is 2. The molecule has 1 aliphatic heterocycles. The van der Waals surface area contributed by atoms with E-state index in [9.17, 15) is 5.11 Å². The lowest BCUT2D eigenvalue weighted by atomic mass is 10.2. The number of ether oxygens (including phenoxy) is 1. The van der Waals surface area contributed by atoms with Crippen LogP contribution in [-0.4, -0.2) is 52.1 Å². The van der Waals surface area contributed by atoms with Gasteiger partial charge < -0.3 is 9.84 Å². The Morgan fingerprint density at radius 1 is 1.53 bits per heavy atom. The van der Waals surface area contributed by atoms with Crippen LogP contribution in [0, 0.1) is 6.92 Å². The van der Waals surface area contributed by atoms with E-state index in [4.69, 9.17) is 4.74 Å². The molecule has 3 atom stereocenters. The highest BCUT2D eigenvalue weighted by Gasteiger charge is 2.29. The van der Waals surface area contributed by atoms with Gasteiger partial charge in [-0.1, -0.05) is 0 Å². The van der Waals surface area contributed by atoms with Gasteiger partial charge in [0.2, 0.25) is 0 Å². The van der Waals surface area contributed by atoms with Crippen LogP contribution in [0.3, 0.4) is 0 Å². The molecule has 0 saturated carbocycles. The third kappa shape index (κ3) is 3.01. The Morgan fingerprint density at radius 2 is 2.29 bits per heavy atom. The Balaban J connectivity index is 2.05. The molecule has 17 heavy (non-hydrogen) atoms. The van der Waals surface area contributed by atoms with Crippen LogP contribution in [0.25, 0.3) is 0 Å². The maximum atomic E-state index is 9.21. The molecular weight excluding hydrogens is 238 g/mol. The fraction of sp³-hybridized carbons (Fsp3) is 0.818. The third-order valence-corrected chi connectivity index (χ3v) is 4.01. The second kappa shape index (κ2) is 5.39. The minimum Gasteiger partial charge on any atom is -0.394 e. The molecule has 1 aliphatic rings. The summed E-state index contributed by atoms with van der Waals surface area (Å²) in [6.07, 6.45) is 0.0626. The SMILES string of the molecule is Cc1nnc(C(C)N2CC(C)OC(CO)C2)s1. The molecule has 6 heteroatoms. The molecule has 0 spiro atoms.